The summed E-state index contributed by atoms with van der Waals surface area (Å²) in [6.07, 6.45) is 1.76. The van der Waals surface area contributed by atoms with Gasteiger partial charge in [-0.05, 0) is 54.4 Å². The van der Waals surface area contributed by atoms with E-state index < -0.39 is 121 Å². The first kappa shape index (κ1) is 120. The predicted octanol–water partition coefficient (Wildman–Crippen LogP) is -5.37. The zero-order valence-electron chi connectivity index (χ0n) is 79.9. The zero-order chi connectivity index (χ0) is 103. The number of hydrogen-bond acceptors (Lipinski definition) is 30. The first-order valence-electron chi connectivity index (χ1n) is 46.4. The highest BCUT2D eigenvalue weighted by Gasteiger charge is 2.42. The van der Waals surface area contributed by atoms with Crippen LogP contribution in [0.4, 0.5) is 0 Å². The molecule has 1 saturated heterocycles. The third-order valence-electron chi connectivity index (χ3n) is 20.9. The molecule has 52 heteroatoms. The van der Waals surface area contributed by atoms with Crippen molar-refractivity contribution in [1.29, 1.82) is 0 Å². The number of ketones is 2. The van der Waals surface area contributed by atoms with E-state index >= 15 is 9.59 Å². The molecule has 35 N–H and O–H groups in total. The molecule has 50 nitrogen and oxygen atoms in total. The Morgan fingerprint density at radius 2 is 0.736 bits per heavy atom. The van der Waals surface area contributed by atoms with E-state index in [4.69, 9.17) is 113 Å². The van der Waals surface area contributed by atoms with Gasteiger partial charge in [-0.2, -0.15) is 23.5 Å². The van der Waals surface area contributed by atoms with E-state index in [1.54, 1.807) is 0 Å². The van der Waals surface area contributed by atoms with Gasteiger partial charge in [0.05, 0.1) is 124 Å². The maximum Gasteiger partial charge on any atom is 0.305 e. The molecule has 0 unspecified atom stereocenters. The van der Waals surface area contributed by atoms with Crippen LogP contribution in [-0.4, -0.2) is 329 Å². The number of primary amides is 1. The molecule has 140 heavy (non-hydrogen) atoms. The fourth-order valence-electron chi connectivity index (χ4n) is 13.9. The molecule has 1 fully saturated rings. The van der Waals surface area contributed by atoms with Gasteiger partial charge in [0.15, 0.2) is 48.1 Å². The van der Waals surface area contributed by atoms with Gasteiger partial charge in [0, 0.05) is 151 Å². The minimum atomic E-state index is -1.81. The highest BCUT2D eigenvalue weighted by atomic mass is 32.2. The highest BCUT2D eigenvalue weighted by molar-refractivity contribution is 8.02. The molecule has 782 valence electrons. The van der Waals surface area contributed by atoms with Crippen molar-refractivity contribution in [3.05, 3.63) is 59.7 Å². The lowest BCUT2D eigenvalue weighted by Crippen LogP contribution is -2.62. The van der Waals surface area contributed by atoms with Crippen LogP contribution in [0.5, 0.6) is 0 Å². The second-order valence-electron chi connectivity index (χ2n) is 33.1. The number of esters is 1. The molecule has 2 aliphatic rings. The number of nitrogens with two attached hydrogens (primary N) is 13. The Morgan fingerprint density at radius 3 is 1.10 bits per heavy atom. The SMILES string of the molecule is NC(=O)C1(NC(=O)CCCCCCC(=O)OCC2c3ccccc3-c3ccccc32)CSCC(=NOCC(=O)CCCCCCC(=O)N[C@@H](CCC(=O)CC(COCCC(=O)NCCN=C(N)N)(COCCC(=O)NCCN=C(N)N)COCCC(=O)NCCN=C(N)N)C(=O)NC(COCCC(=O)NCCN=C(N)N)(COCCC(=O)NCCN=C(N)N)COCCC(=O)NCCN=C(N)N)CSC1. The van der Waals surface area contributed by atoms with Crippen molar-refractivity contribution >= 4 is 142 Å². The first-order valence-corrected chi connectivity index (χ1v) is 48.7. The first-order chi connectivity index (χ1) is 67.1. The number of carbonyl (C=O) groups is 13. The van der Waals surface area contributed by atoms with Gasteiger partial charge in [-0.1, -0.05) is 79.4 Å². The van der Waals surface area contributed by atoms with Crippen LogP contribution < -0.4 is 122 Å². The molecule has 1 aliphatic heterocycles. The number of Topliss-reactive ketones (excluding diaryl/α,β-unsaturated/α-hetero) is 2. The third kappa shape index (κ3) is 54.7. The Hall–Kier alpha value is -12.5. The average molecular weight is 2010 g/mol. The van der Waals surface area contributed by atoms with Gasteiger partial charge in [0.25, 0.3) is 0 Å². The largest absolute Gasteiger partial charge is 0.465 e. The summed E-state index contributed by atoms with van der Waals surface area (Å²) in [7, 11) is 0. The number of ether oxygens (including phenoxy) is 7. The number of thioether (sulfide) groups is 2. The molecule has 0 aromatic heterocycles. The number of benzene rings is 2. The Labute approximate surface area is 823 Å². The topological polar surface area (TPSA) is 829 Å². The molecule has 2 aromatic carbocycles. The fourth-order valence-corrected chi connectivity index (χ4v) is 16.5. The van der Waals surface area contributed by atoms with E-state index in [9.17, 15) is 52.7 Å². The summed E-state index contributed by atoms with van der Waals surface area (Å²) < 4.78 is 42.6. The quantitative estimate of drug-likeness (QED) is 0.00966. The molecular formula is C88H147N29O21S2. The van der Waals surface area contributed by atoms with E-state index in [2.05, 4.69) is 107 Å². The summed E-state index contributed by atoms with van der Waals surface area (Å²) in [5, 5.41) is 28.9. The summed E-state index contributed by atoms with van der Waals surface area (Å²) in [6, 6.07) is 14.7. The lowest BCUT2D eigenvalue weighted by molar-refractivity contribution is -0.144. The van der Waals surface area contributed by atoms with E-state index in [-0.39, 0.29) is 293 Å². The minimum absolute atomic E-state index is 0.0331. The zero-order valence-corrected chi connectivity index (χ0v) is 81.5. The van der Waals surface area contributed by atoms with Gasteiger partial charge in [-0.25, -0.2) is 0 Å². The highest BCUT2D eigenvalue weighted by Crippen LogP contribution is 2.44. The maximum absolute atomic E-state index is 15.5. The van der Waals surface area contributed by atoms with Gasteiger partial charge in [-0.3, -0.25) is 92.3 Å². The molecular weight excluding hydrogens is 1860 g/mol. The van der Waals surface area contributed by atoms with E-state index in [0.29, 0.717) is 62.2 Å². The molecule has 1 heterocycles. The number of unbranched alkanes of at least 4 members (excludes halogenated alkanes) is 6. The number of fused-ring (bicyclic) bond motifs is 3. The molecule has 2 aromatic rings. The van der Waals surface area contributed by atoms with Crippen molar-refractivity contribution in [2.75, 3.05) is 194 Å². The number of rotatable bonds is 77. The number of guanidine groups is 6. The van der Waals surface area contributed by atoms with Crippen molar-refractivity contribution in [2.24, 2.45) is 115 Å². The van der Waals surface area contributed by atoms with E-state index in [0.717, 1.165) is 22.3 Å². The van der Waals surface area contributed by atoms with Crippen molar-refractivity contribution in [3.8, 4) is 11.1 Å². The second-order valence-corrected chi connectivity index (χ2v) is 35.1. The Morgan fingerprint density at radius 1 is 0.393 bits per heavy atom. The summed E-state index contributed by atoms with van der Waals surface area (Å²) >= 11 is 2.67. The van der Waals surface area contributed by atoms with Gasteiger partial charge < -0.3 is 160 Å². The Balaban J connectivity index is 1.55. The van der Waals surface area contributed by atoms with Crippen LogP contribution in [0.3, 0.4) is 0 Å². The predicted molar refractivity (Wildman–Crippen MR) is 532 cm³/mol. The molecule has 0 radical (unpaired) electrons. The normalized spacial score (nSPS) is 13.5. The van der Waals surface area contributed by atoms with E-state index in [1.807, 2.05) is 24.3 Å². The van der Waals surface area contributed by atoms with Crippen LogP contribution >= 0.6 is 23.5 Å². The summed E-state index contributed by atoms with van der Waals surface area (Å²) in [5.74, 6) is -6.65. The van der Waals surface area contributed by atoms with Crippen LogP contribution in [0, 0.1) is 5.41 Å². The second kappa shape index (κ2) is 70.2. The molecule has 0 saturated carbocycles. The number of oxime groups is 1. The van der Waals surface area contributed by atoms with Crippen LogP contribution in [0.25, 0.3) is 11.1 Å². The smallest absolute Gasteiger partial charge is 0.305 e. The van der Waals surface area contributed by atoms with Crippen molar-refractivity contribution in [3.63, 3.8) is 0 Å². The van der Waals surface area contributed by atoms with Crippen molar-refractivity contribution < 1.29 is 100 Å². The summed E-state index contributed by atoms with van der Waals surface area (Å²) in [5.41, 5.74) is 71.9. The lowest BCUT2D eigenvalue weighted by Gasteiger charge is -2.36. The van der Waals surface area contributed by atoms with Gasteiger partial charge in [0.1, 0.15) is 29.5 Å². The third-order valence-corrected chi connectivity index (χ3v) is 23.4. The number of aliphatic imine (C=N–C) groups is 6. The van der Waals surface area contributed by atoms with Gasteiger partial charge >= 0.3 is 5.97 Å². The molecule has 0 spiro atoms. The van der Waals surface area contributed by atoms with Crippen LogP contribution in [0.2, 0.25) is 0 Å². The van der Waals surface area contributed by atoms with Gasteiger partial charge in [0.2, 0.25) is 59.1 Å². The molecule has 1 atom stereocenters. The van der Waals surface area contributed by atoms with Crippen molar-refractivity contribution in [2.45, 2.75) is 158 Å². The fraction of sp³-hybridized carbons (Fsp3) is 0.636. The number of nitrogens with one attached hydrogen (secondary N) is 9. The molecule has 10 amide bonds. The summed E-state index contributed by atoms with van der Waals surface area (Å²) in [6.45, 7) is -3.23. The molecule has 1 aliphatic carbocycles. The molecule has 4 rings (SSSR count). The van der Waals surface area contributed by atoms with Crippen LogP contribution in [0.15, 0.2) is 83.6 Å². The number of hydrogen-bond donors (Lipinski definition) is 22. The van der Waals surface area contributed by atoms with E-state index in [1.165, 1.54) is 23.5 Å². The summed E-state index contributed by atoms with van der Waals surface area (Å²) in [4.78, 5) is 204. The van der Waals surface area contributed by atoms with Gasteiger partial charge in [-0.15, -0.1) is 0 Å². The maximum atomic E-state index is 15.5. The standard InChI is InChI=1S/C88H147N29O21S2/c89-79(130)88(115-76(127)19-7-3-4-8-20-77(128)137-49-67-65-16-11-9-14-63(65)64-15-10-12-17-66(64)67)58-139-50-60(51-140-59-88)117-138-48-62(119)13-5-1-2-6-18-75(126)114-68(78(129)116-87(55-134-44-26-72(123)105-32-38-111-83(96)97,56-135-45-27-73(124)106-33-39-112-84(98)99)57-136-46-28-74(125)107-34-40-113-85(100)101)22-21-61(118)47-86(52-131-41-23-69(120)102-29-35-108-80(90)91,53-132-42-24-70(121)103-30-36-109-81(92)93)54-133-43-25-71(122)104-31-37-110-82(94)95/h9-12,14-17,67-68H,1-8,13,18-59H2,(H2,89,130)(H,102,120)(H,103,121)(H,104,122)(H,105,123)(H,106,124)(H,107,125)(H,114,126)(H,115,127)(H,116,129)(H4,90,91,108)(H4,92,93,109)(H4,94,95,110)(H4,96,97,111)(H4,98,99,112)(H4,100,101,113)/t68-,88?/m0/s1. The Bertz CT molecular complexity index is 4160. The number of nitrogens with zero attached hydrogens (tertiary/aromatic N) is 7. The number of carbonyl (C=O) groups excluding carboxylic acids is 13. The van der Waals surface area contributed by atoms with Crippen molar-refractivity contribution in [1.82, 2.24) is 47.9 Å². The Kier molecular flexibility index (Phi) is 60.1. The van der Waals surface area contributed by atoms with Crippen LogP contribution in [-0.2, 0) is 100 Å². The average Bonchev–Trinajstić information content (AvgIpc) is 1.61. The number of amides is 10. The lowest BCUT2D eigenvalue weighted by atomic mass is 9.83. The molecule has 0 bridgehead atoms. The monoisotopic (exact) mass is 2010 g/mol. The van der Waals surface area contributed by atoms with Crippen LogP contribution in [0.1, 0.15) is 152 Å². The minimum Gasteiger partial charge on any atom is -0.465 e.